The summed E-state index contributed by atoms with van der Waals surface area (Å²) in [5, 5.41) is 13.1. The topological polar surface area (TPSA) is 77.6 Å². The van der Waals surface area contributed by atoms with Gasteiger partial charge in [0.05, 0.1) is 35.4 Å². The Kier molecular flexibility index (Phi) is 5.59. The minimum atomic E-state index is -0.119. The average Bonchev–Trinajstić information content (AvgIpc) is 3.19. The van der Waals surface area contributed by atoms with Crippen molar-refractivity contribution in [3.05, 3.63) is 76.4 Å². The quantitative estimate of drug-likeness (QED) is 0.520. The van der Waals surface area contributed by atoms with Gasteiger partial charge in [-0.15, -0.1) is 0 Å². The van der Waals surface area contributed by atoms with Gasteiger partial charge in [-0.3, -0.25) is 9.48 Å². The number of hydrogen-bond donors (Lipinski definition) is 1. The number of rotatable bonds is 6. The molecule has 7 heteroatoms. The molecule has 7 nitrogen and oxygen atoms in total. The van der Waals surface area contributed by atoms with E-state index in [4.69, 9.17) is 10.1 Å². The Balaban J connectivity index is 1.62. The van der Waals surface area contributed by atoms with Gasteiger partial charge in [0.25, 0.3) is 5.91 Å². The zero-order valence-corrected chi connectivity index (χ0v) is 18.7. The summed E-state index contributed by atoms with van der Waals surface area (Å²) in [6.45, 7) is 11.0. The highest BCUT2D eigenvalue weighted by atomic mass is 16.1. The van der Waals surface area contributed by atoms with Gasteiger partial charge < -0.3 is 5.32 Å². The van der Waals surface area contributed by atoms with E-state index in [1.807, 2.05) is 74.3 Å². The highest BCUT2D eigenvalue weighted by Crippen LogP contribution is 2.23. The summed E-state index contributed by atoms with van der Waals surface area (Å²) in [5.74, 6) is -0.119. The molecule has 1 atom stereocenters. The number of pyridine rings is 1. The van der Waals surface area contributed by atoms with E-state index in [1.165, 1.54) is 0 Å². The number of aromatic nitrogens is 5. The van der Waals surface area contributed by atoms with Gasteiger partial charge in [0.2, 0.25) is 0 Å². The second kappa shape index (κ2) is 8.34. The average molecular weight is 417 g/mol. The largest absolute Gasteiger partial charge is 0.348 e. The first kappa shape index (κ1) is 20.8. The third kappa shape index (κ3) is 4.35. The predicted molar refractivity (Wildman–Crippen MR) is 121 cm³/mol. The lowest BCUT2D eigenvalue weighted by atomic mass is 10.1. The number of carbonyl (C=O) groups is 1. The van der Waals surface area contributed by atoms with Gasteiger partial charge in [-0.05, 0) is 52.3 Å². The molecule has 31 heavy (non-hydrogen) atoms. The molecule has 0 fully saturated rings. The van der Waals surface area contributed by atoms with E-state index < -0.39 is 0 Å². The second-order valence-corrected chi connectivity index (χ2v) is 8.22. The van der Waals surface area contributed by atoms with Crippen LogP contribution in [0.5, 0.6) is 0 Å². The number of amides is 1. The molecule has 0 radical (unpaired) electrons. The van der Waals surface area contributed by atoms with Gasteiger partial charge in [-0.25, -0.2) is 9.67 Å². The van der Waals surface area contributed by atoms with E-state index in [-0.39, 0.29) is 11.9 Å². The lowest BCUT2D eigenvalue weighted by Crippen LogP contribution is -2.36. The van der Waals surface area contributed by atoms with Crippen LogP contribution in [0, 0.1) is 27.7 Å². The number of fused-ring (bicyclic) bond motifs is 1. The van der Waals surface area contributed by atoms with E-state index in [0.29, 0.717) is 18.7 Å². The fraction of sp³-hybridized carbons (Fsp3) is 0.333. The fourth-order valence-electron chi connectivity index (χ4n) is 3.99. The molecule has 0 saturated heterocycles. The molecule has 0 aliphatic carbocycles. The molecule has 4 aromatic rings. The molecule has 1 N–H and O–H groups in total. The second-order valence-electron chi connectivity index (χ2n) is 8.22. The summed E-state index contributed by atoms with van der Waals surface area (Å²) in [6, 6.07) is 13.9. The predicted octanol–water partition coefficient (Wildman–Crippen LogP) is 3.73. The van der Waals surface area contributed by atoms with Crippen LogP contribution in [0.4, 0.5) is 0 Å². The molecule has 3 aromatic heterocycles. The Morgan fingerprint density at radius 2 is 1.74 bits per heavy atom. The molecule has 0 aliphatic heterocycles. The smallest absolute Gasteiger partial charge is 0.252 e. The molecular formula is C24H28N6O. The number of nitrogens with one attached hydrogen (secondary N) is 1. The highest BCUT2D eigenvalue weighted by Gasteiger charge is 2.20. The number of nitrogens with zero attached hydrogens (tertiary/aromatic N) is 5. The lowest BCUT2D eigenvalue weighted by molar-refractivity contribution is 0.0937. The summed E-state index contributed by atoms with van der Waals surface area (Å²) in [5.41, 5.74) is 6.13. The van der Waals surface area contributed by atoms with Gasteiger partial charge in [-0.2, -0.15) is 10.2 Å². The maximum Gasteiger partial charge on any atom is 0.252 e. The molecule has 0 spiro atoms. The van der Waals surface area contributed by atoms with E-state index in [2.05, 4.69) is 22.5 Å². The van der Waals surface area contributed by atoms with Gasteiger partial charge in [0.1, 0.15) is 0 Å². The van der Waals surface area contributed by atoms with Crippen LogP contribution in [0.2, 0.25) is 0 Å². The van der Waals surface area contributed by atoms with Crippen molar-refractivity contribution in [2.24, 2.45) is 0 Å². The Morgan fingerprint density at radius 1 is 1.00 bits per heavy atom. The molecule has 0 saturated carbocycles. The molecule has 1 aromatic carbocycles. The molecule has 3 heterocycles. The summed E-state index contributed by atoms with van der Waals surface area (Å²) < 4.78 is 3.81. The van der Waals surface area contributed by atoms with Crippen LogP contribution in [0.15, 0.2) is 42.5 Å². The minimum Gasteiger partial charge on any atom is -0.348 e. The molecule has 0 bridgehead atoms. The standard InChI is InChI=1S/C24H28N6O/c1-15-12-21(24(31)26-17(3)13-29-18(4)11-16(2)27-29)22-19(5)28-30(23(22)25-15)14-20-9-7-6-8-10-20/h6-12,17H,13-14H2,1-5H3,(H,26,31)/t17-/m0/s1. The number of aryl methyl sites for hydroxylation is 4. The van der Waals surface area contributed by atoms with Crippen molar-refractivity contribution in [2.75, 3.05) is 0 Å². The lowest BCUT2D eigenvalue weighted by Gasteiger charge is -2.16. The Hall–Kier alpha value is -3.48. The minimum absolute atomic E-state index is 0.0753. The summed E-state index contributed by atoms with van der Waals surface area (Å²) in [7, 11) is 0. The van der Waals surface area contributed by atoms with Gasteiger partial charge in [0.15, 0.2) is 5.65 Å². The summed E-state index contributed by atoms with van der Waals surface area (Å²) >= 11 is 0. The van der Waals surface area contributed by atoms with Crippen molar-refractivity contribution in [1.82, 2.24) is 29.9 Å². The molecule has 1 amide bonds. The first-order valence-electron chi connectivity index (χ1n) is 10.5. The summed E-state index contributed by atoms with van der Waals surface area (Å²) in [4.78, 5) is 17.9. The zero-order valence-electron chi connectivity index (χ0n) is 18.7. The Morgan fingerprint density at radius 3 is 2.42 bits per heavy atom. The number of hydrogen-bond acceptors (Lipinski definition) is 4. The van der Waals surface area contributed by atoms with Crippen molar-refractivity contribution in [3.8, 4) is 0 Å². The van der Waals surface area contributed by atoms with Crippen LogP contribution in [-0.4, -0.2) is 36.5 Å². The SMILES string of the molecule is Cc1cc(C(=O)N[C@@H](C)Cn2nc(C)cc2C)c2c(C)nn(Cc3ccccc3)c2n1. The van der Waals surface area contributed by atoms with Gasteiger partial charge >= 0.3 is 0 Å². The monoisotopic (exact) mass is 416 g/mol. The van der Waals surface area contributed by atoms with Gasteiger partial charge in [0, 0.05) is 17.4 Å². The van der Waals surface area contributed by atoms with Crippen molar-refractivity contribution < 1.29 is 4.79 Å². The maximum absolute atomic E-state index is 13.2. The fourth-order valence-corrected chi connectivity index (χ4v) is 3.99. The molecule has 0 aliphatic rings. The number of benzene rings is 1. The van der Waals surface area contributed by atoms with Crippen LogP contribution in [0.1, 0.15) is 45.6 Å². The molecule has 0 unspecified atom stereocenters. The first-order valence-corrected chi connectivity index (χ1v) is 10.5. The van der Waals surface area contributed by atoms with Crippen molar-refractivity contribution in [2.45, 2.75) is 53.8 Å². The van der Waals surface area contributed by atoms with Crippen molar-refractivity contribution >= 4 is 16.9 Å². The van der Waals surface area contributed by atoms with Crippen molar-refractivity contribution in [1.29, 1.82) is 0 Å². The summed E-state index contributed by atoms with van der Waals surface area (Å²) in [6.07, 6.45) is 0. The van der Waals surface area contributed by atoms with Gasteiger partial charge in [-0.1, -0.05) is 30.3 Å². The first-order chi connectivity index (χ1) is 14.8. The van der Waals surface area contributed by atoms with Crippen molar-refractivity contribution in [3.63, 3.8) is 0 Å². The van der Waals surface area contributed by atoms with E-state index in [1.54, 1.807) is 0 Å². The Labute approximate surface area is 182 Å². The molecule has 4 rings (SSSR count). The number of carbonyl (C=O) groups excluding carboxylic acids is 1. The third-order valence-corrected chi connectivity index (χ3v) is 5.35. The molecular weight excluding hydrogens is 388 g/mol. The van der Waals surface area contributed by atoms with Crippen LogP contribution < -0.4 is 5.32 Å². The van der Waals surface area contributed by atoms with E-state index in [0.717, 1.165) is 39.4 Å². The van der Waals surface area contributed by atoms with Crippen LogP contribution in [-0.2, 0) is 13.1 Å². The van der Waals surface area contributed by atoms with E-state index in [9.17, 15) is 4.79 Å². The van der Waals surface area contributed by atoms with Crippen LogP contribution >= 0.6 is 0 Å². The Bertz CT molecular complexity index is 1240. The van der Waals surface area contributed by atoms with E-state index >= 15 is 0 Å². The third-order valence-electron chi connectivity index (χ3n) is 5.35. The van der Waals surface area contributed by atoms with Crippen LogP contribution in [0.3, 0.4) is 0 Å². The normalized spacial score (nSPS) is 12.3. The highest BCUT2D eigenvalue weighted by molar-refractivity contribution is 6.06. The zero-order chi connectivity index (χ0) is 22.1. The van der Waals surface area contributed by atoms with Crippen LogP contribution in [0.25, 0.3) is 11.0 Å². The maximum atomic E-state index is 13.2. The molecule has 160 valence electrons.